The number of Topliss-reactive ketones (excluding diaryl/α,β-unsaturated/α-hetero) is 1. The van der Waals surface area contributed by atoms with Crippen LogP contribution < -0.4 is 5.48 Å². The molecule has 0 heterocycles. The van der Waals surface area contributed by atoms with Crippen LogP contribution in [-0.2, 0) is 9.63 Å². The van der Waals surface area contributed by atoms with Crippen molar-refractivity contribution in [2.75, 3.05) is 13.7 Å². The van der Waals surface area contributed by atoms with E-state index in [-0.39, 0.29) is 35.9 Å². The number of hydrogen-bond donors (Lipinski definition) is 2. The van der Waals surface area contributed by atoms with Crippen molar-refractivity contribution in [3.8, 4) is 0 Å². The summed E-state index contributed by atoms with van der Waals surface area (Å²) in [4.78, 5) is 23.1. The van der Waals surface area contributed by atoms with E-state index in [1.807, 2.05) is 0 Å². The predicted octanol–water partition coefficient (Wildman–Crippen LogP) is 11.6. The van der Waals surface area contributed by atoms with Gasteiger partial charge in [-0.1, -0.05) is 70.6 Å². The number of hydrogen-bond acceptors (Lipinski definition) is 9. The molecule has 0 saturated heterocycles. The van der Waals surface area contributed by atoms with Crippen LogP contribution in [0.3, 0.4) is 0 Å². The molecular formula is C51H86N6O3. The third-order valence-electron chi connectivity index (χ3n) is 19.1. The Morgan fingerprint density at radius 1 is 0.583 bits per heavy atom. The number of carbonyl (C=O) groups is 1. The van der Waals surface area contributed by atoms with Gasteiger partial charge in [0.15, 0.2) is 0 Å². The molecule has 9 heteroatoms. The molecule has 0 bridgehead atoms. The minimum Gasteiger partial charge on any atom is -0.390 e. The fraction of sp³-hybridized carbons (Fsp3) is 0.980. The molecule has 9 fully saturated rings. The van der Waals surface area contributed by atoms with Gasteiger partial charge in [-0.05, 0) is 164 Å². The average molecular weight is 831 g/mol. The molecular weight excluding hydrogens is 745 g/mol. The second kappa shape index (κ2) is 21.1. The molecule has 338 valence electrons. The second-order valence-electron chi connectivity index (χ2n) is 22.5. The summed E-state index contributed by atoms with van der Waals surface area (Å²) in [7, 11) is 1.75. The number of aliphatic hydroxyl groups is 1. The molecule has 0 radical (unpaired) electrons. The van der Waals surface area contributed by atoms with E-state index >= 15 is 0 Å². The molecule has 0 aromatic rings. The first-order valence-corrected chi connectivity index (χ1v) is 26.6. The van der Waals surface area contributed by atoms with Gasteiger partial charge in [-0.25, -0.2) is 0 Å². The van der Waals surface area contributed by atoms with Gasteiger partial charge < -0.3 is 9.94 Å². The summed E-state index contributed by atoms with van der Waals surface area (Å²) in [5.74, 6) is 4.77. The first kappa shape index (κ1) is 43.9. The van der Waals surface area contributed by atoms with E-state index in [9.17, 15) is 9.90 Å². The van der Waals surface area contributed by atoms with E-state index in [0.29, 0.717) is 42.1 Å². The molecule has 11 unspecified atom stereocenters. The van der Waals surface area contributed by atoms with Crippen molar-refractivity contribution in [3.05, 3.63) is 0 Å². The van der Waals surface area contributed by atoms with Crippen molar-refractivity contribution < 1.29 is 14.7 Å². The number of nitrogens with zero attached hydrogens (tertiary/aromatic N) is 5. The number of aliphatic hydroxyl groups excluding tert-OH is 1. The van der Waals surface area contributed by atoms with Crippen molar-refractivity contribution in [2.24, 2.45) is 73.7 Å². The highest BCUT2D eigenvalue weighted by Crippen LogP contribution is 2.53. The quantitative estimate of drug-likeness (QED) is 0.142. The summed E-state index contributed by atoms with van der Waals surface area (Å²) in [6.45, 7) is 0.557. The number of carbonyl (C=O) groups excluding carboxylic acids is 1. The minimum absolute atomic E-state index is 0.0909. The Bertz CT molecular complexity index is 1380. The van der Waals surface area contributed by atoms with Crippen LogP contribution in [0.15, 0.2) is 20.5 Å². The highest BCUT2D eigenvalue weighted by Gasteiger charge is 2.54. The molecule has 9 aliphatic rings. The zero-order valence-corrected chi connectivity index (χ0v) is 37.9. The second-order valence-corrected chi connectivity index (χ2v) is 22.5. The lowest BCUT2D eigenvalue weighted by Crippen LogP contribution is -2.52. The molecule has 2 N–H and O–H groups in total. The lowest BCUT2D eigenvalue weighted by Gasteiger charge is -2.48. The Kier molecular flexibility index (Phi) is 15.5. The molecule has 9 saturated carbocycles. The topological polar surface area (TPSA) is 111 Å². The van der Waals surface area contributed by atoms with Gasteiger partial charge >= 0.3 is 0 Å². The van der Waals surface area contributed by atoms with Gasteiger partial charge in [-0.3, -0.25) is 9.69 Å². The maximum atomic E-state index is 13.7. The van der Waals surface area contributed by atoms with Crippen LogP contribution in [0.5, 0.6) is 0 Å². The molecule has 9 rings (SSSR count). The van der Waals surface area contributed by atoms with Crippen molar-refractivity contribution in [2.45, 2.75) is 247 Å². The van der Waals surface area contributed by atoms with E-state index in [1.165, 1.54) is 148 Å². The molecule has 0 aromatic carbocycles. The van der Waals surface area contributed by atoms with E-state index in [0.717, 1.165) is 81.3 Å². The summed E-state index contributed by atoms with van der Waals surface area (Å²) in [6, 6.07) is 3.26. The third-order valence-corrected chi connectivity index (χ3v) is 19.1. The number of azo groups is 2. The Hall–Kier alpha value is -1.29. The summed E-state index contributed by atoms with van der Waals surface area (Å²) < 4.78 is 0. The largest absolute Gasteiger partial charge is 0.390 e. The molecule has 9 aliphatic carbocycles. The molecule has 9 nitrogen and oxygen atoms in total. The smallest absolute Gasteiger partial charge is 0.139 e. The highest BCUT2D eigenvalue weighted by atomic mass is 16.6. The van der Waals surface area contributed by atoms with Crippen LogP contribution in [0.2, 0.25) is 0 Å². The molecule has 11 atom stereocenters. The van der Waals surface area contributed by atoms with Crippen LogP contribution in [-0.4, -0.2) is 77.8 Å². The first-order chi connectivity index (χ1) is 29.5. The summed E-state index contributed by atoms with van der Waals surface area (Å²) in [5.41, 5.74) is 3.50. The van der Waals surface area contributed by atoms with Gasteiger partial charge in [-0.15, -0.1) is 0 Å². The van der Waals surface area contributed by atoms with E-state index in [2.05, 4.69) is 20.6 Å². The minimum atomic E-state index is -0.514. The lowest BCUT2D eigenvalue weighted by molar-refractivity contribution is -0.125. The van der Waals surface area contributed by atoms with Gasteiger partial charge in [0.2, 0.25) is 0 Å². The molecule has 0 aromatic heterocycles. The van der Waals surface area contributed by atoms with Gasteiger partial charge in [0.05, 0.1) is 24.8 Å². The Balaban J connectivity index is 0.697. The van der Waals surface area contributed by atoms with Crippen LogP contribution in [0.1, 0.15) is 199 Å². The van der Waals surface area contributed by atoms with Crippen LogP contribution in [0.4, 0.5) is 0 Å². The van der Waals surface area contributed by atoms with Gasteiger partial charge in [-0.2, -0.15) is 25.9 Å². The Morgan fingerprint density at radius 2 is 1.13 bits per heavy atom. The zero-order chi connectivity index (χ0) is 40.8. The van der Waals surface area contributed by atoms with Crippen molar-refractivity contribution >= 4 is 5.78 Å². The summed E-state index contributed by atoms with van der Waals surface area (Å²) >= 11 is 0. The SMILES string of the molecule is CN=NC1CCC2C(C1)C(=O)C1CC(N=NC3C(O)C(CONC4CCC(CCC5CCC(N(C6CCCCC6)C6CCCCC6)CC5)CC4)CC4CCCCC43)CCC12. The summed E-state index contributed by atoms with van der Waals surface area (Å²) in [5, 5.41) is 30.4. The molecule has 0 spiro atoms. The van der Waals surface area contributed by atoms with Crippen LogP contribution in [0, 0.1) is 53.3 Å². The van der Waals surface area contributed by atoms with Crippen LogP contribution >= 0.6 is 0 Å². The number of rotatable bonds is 13. The van der Waals surface area contributed by atoms with Crippen molar-refractivity contribution in [1.82, 2.24) is 10.4 Å². The van der Waals surface area contributed by atoms with Gasteiger partial charge in [0, 0.05) is 49.0 Å². The average Bonchev–Trinajstić information content (AvgIpc) is 3.57. The first-order valence-electron chi connectivity index (χ1n) is 26.6. The predicted molar refractivity (Wildman–Crippen MR) is 239 cm³/mol. The number of fused-ring (bicyclic) bond motifs is 4. The number of nitrogens with one attached hydrogen (secondary N) is 1. The lowest BCUT2D eigenvalue weighted by atomic mass is 9.64. The fourth-order valence-electron chi connectivity index (χ4n) is 15.9. The maximum absolute atomic E-state index is 13.7. The van der Waals surface area contributed by atoms with E-state index < -0.39 is 6.10 Å². The van der Waals surface area contributed by atoms with Crippen LogP contribution in [0.25, 0.3) is 0 Å². The maximum Gasteiger partial charge on any atom is 0.139 e. The zero-order valence-electron chi connectivity index (χ0n) is 37.9. The number of hydroxylamine groups is 1. The van der Waals surface area contributed by atoms with Crippen molar-refractivity contribution in [1.29, 1.82) is 0 Å². The Morgan fingerprint density at radius 3 is 1.75 bits per heavy atom. The van der Waals surface area contributed by atoms with Crippen molar-refractivity contribution in [3.63, 3.8) is 0 Å². The molecule has 0 amide bonds. The van der Waals surface area contributed by atoms with E-state index in [4.69, 9.17) is 15.1 Å². The fourth-order valence-corrected chi connectivity index (χ4v) is 15.9. The molecule has 60 heavy (non-hydrogen) atoms. The third kappa shape index (κ3) is 10.3. The Labute approximate surface area is 364 Å². The van der Waals surface area contributed by atoms with E-state index in [1.54, 1.807) is 7.05 Å². The highest BCUT2D eigenvalue weighted by molar-refractivity contribution is 5.86. The molecule has 0 aliphatic heterocycles. The standard InChI is InChI=1S/C51H86N6O3/c1-52-53-39-24-28-45-46-29-25-40(32-48(46)51(59)47(45)31-39)54-55-49-44-15-9-8-10-36(44)30-37(50(49)58)33-60-56-38-22-18-34(19-23-38)16-17-35-20-26-43(27-21-35)57(41-11-4-2-5-12-41)42-13-6-3-7-14-42/h34-50,56,58H,2-33H2,1H3. The normalized spacial score (nSPS) is 43.6. The van der Waals surface area contributed by atoms with Gasteiger partial charge in [0.25, 0.3) is 0 Å². The summed E-state index contributed by atoms with van der Waals surface area (Å²) in [6.07, 6.45) is 40.0. The number of ketones is 1. The van der Waals surface area contributed by atoms with Gasteiger partial charge in [0.1, 0.15) is 11.8 Å². The monoisotopic (exact) mass is 831 g/mol.